The van der Waals surface area contributed by atoms with Gasteiger partial charge in [-0.05, 0) is 56.7 Å². The van der Waals surface area contributed by atoms with Crippen LogP contribution in [0.4, 0.5) is 19.6 Å². The first-order chi connectivity index (χ1) is 16.3. The van der Waals surface area contributed by atoms with Crippen molar-refractivity contribution in [1.29, 1.82) is 0 Å². The summed E-state index contributed by atoms with van der Waals surface area (Å²) in [7, 11) is 0. The molecule has 3 heterocycles. The van der Waals surface area contributed by atoms with Crippen molar-refractivity contribution in [3.8, 4) is 16.3 Å². The average molecular weight is 503 g/mol. The highest BCUT2D eigenvalue weighted by Gasteiger charge is 2.24. The molecule has 11 heteroatoms. The van der Waals surface area contributed by atoms with Crippen LogP contribution in [0.3, 0.4) is 0 Å². The Kier molecular flexibility index (Phi) is 6.26. The number of hydrogen-bond donors (Lipinski definition) is 5. The molecule has 0 unspecified atom stereocenters. The number of aliphatic hydroxyl groups excluding tert-OH is 1. The van der Waals surface area contributed by atoms with Gasteiger partial charge < -0.3 is 30.9 Å². The van der Waals surface area contributed by atoms with Gasteiger partial charge in [0.1, 0.15) is 22.5 Å². The highest BCUT2D eigenvalue weighted by molar-refractivity contribution is 7.20. The molecule has 0 aliphatic rings. The number of halogens is 2. The van der Waals surface area contributed by atoms with Crippen molar-refractivity contribution < 1.29 is 28.9 Å². The molecule has 0 fully saturated rings. The lowest BCUT2D eigenvalue weighted by Crippen LogP contribution is -2.16. The van der Waals surface area contributed by atoms with Crippen LogP contribution in [-0.4, -0.2) is 36.9 Å². The molecule has 0 radical (unpaired) electrons. The fourth-order valence-corrected chi connectivity index (χ4v) is 4.81. The van der Waals surface area contributed by atoms with E-state index in [-0.39, 0.29) is 39.0 Å². The summed E-state index contributed by atoms with van der Waals surface area (Å²) in [5.41, 5.74) is 4.25. The molecule has 6 N–H and O–H groups in total. The molecule has 0 spiro atoms. The minimum absolute atomic E-state index is 0.0202. The van der Waals surface area contributed by atoms with Gasteiger partial charge in [0, 0.05) is 11.1 Å². The van der Waals surface area contributed by atoms with E-state index in [0.29, 0.717) is 16.7 Å². The van der Waals surface area contributed by atoms with Crippen molar-refractivity contribution in [2.75, 3.05) is 5.32 Å². The number of benzene rings is 1. The fourth-order valence-electron chi connectivity index (χ4n) is 3.69. The predicted molar refractivity (Wildman–Crippen MR) is 130 cm³/mol. The average Bonchev–Trinajstić information content (AvgIpc) is 3.27. The molecule has 0 aliphatic heterocycles. The molecule has 4 aromatic rings. The molecule has 8 nitrogen and oxygen atoms in total. The van der Waals surface area contributed by atoms with Crippen LogP contribution in [0, 0.1) is 11.6 Å². The molecule has 1 atom stereocenters. The minimum atomic E-state index is -1.44. The fraction of sp³-hybridized carbons (Fsp3) is 0.250. The molecule has 1 aromatic carbocycles. The molecule has 0 aliphatic carbocycles. The zero-order valence-corrected chi connectivity index (χ0v) is 20.0. The summed E-state index contributed by atoms with van der Waals surface area (Å²) < 4.78 is 31.2. The van der Waals surface area contributed by atoms with E-state index in [1.807, 2.05) is 0 Å². The number of aliphatic hydroxyl groups is 2. The number of rotatable bonds is 7. The number of aromatic hydroxyl groups is 1. The number of carbonyl (C=O) groups excluding carboxylic acids is 1. The Bertz CT molecular complexity index is 1420. The number of nitrogens with two attached hydrogens (primary N) is 1. The van der Waals surface area contributed by atoms with E-state index in [1.54, 1.807) is 25.3 Å². The van der Waals surface area contributed by atoms with Crippen LogP contribution in [0.1, 0.15) is 36.7 Å². The summed E-state index contributed by atoms with van der Waals surface area (Å²) >= 11 is 0.918. The van der Waals surface area contributed by atoms with E-state index >= 15 is 0 Å². The lowest BCUT2D eigenvalue weighted by Gasteiger charge is -2.18. The summed E-state index contributed by atoms with van der Waals surface area (Å²) in [4.78, 5) is 16.6. The Labute approximate surface area is 203 Å². The smallest absolute Gasteiger partial charge is 0.251 e. The van der Waals surface area contributed by atoms with Crippen molar-refractivity contribution in [2.45, 2.75) is 39.0 Å². The van der Waals surface area contributed by atoms with E-state index in [0.717, 1.165) is 23.5 Å². The van der Waals surface area contributed by atoms with Crippen LogP contribution in [0.2, 0.25) is 0 Å². The maximum Gasteiger partial charge on any atom is 0.251 e. The van der Waals surface area contributed by atoms with Gasteiger partial charge in [0.15, 0.2) is 0 Å². The van der Waals surface area contributed by atoms with Gasteiger partial charge in [0.05, 0.1) is 40.3 Å². The third-order valence-corrected chi connectivity index (χ3v) is 6.48. The van der Waals surface area contributed by atoms with Crippen LogP contribution in [-0.2, 0) is 12.1 Å². The number of nitrogens with zero attached hydrogens (tertiary/aromatic N) is 2. The van der Waals surface area contributed by atoms with Gasteiger partial charge in [-0.15, -0.1) is 11.3 Å². The normalized spacial score (nSPS) is 12.8. The molecule has 0 bridgehead atoms. The first kappa shape index (κ1) is 24.6. The third-order valence-electron chi connectivity index (χ3n) is 5.41. The maximum atomic E-state index is 14.9. The number of aromatic nitrogens is 2. The third kappa shape index (κ3) is 4.83. The van der Waals surface area contributed by atoms with Gasteiger partial charge in [-0.2, -0.15) is 0 Å². The SMILES string of the molecule is C[C@H](O)Cn1cc2nc(Nc3sc(-c4c(F)cc(C(C)(C)O)cc4F)cc3C(N)=O)ccc2c1O. The quantitative estimate of drug-likeness (QED) is 0.257. The summed E-state index contributed by atoms with van der Waals surface area (Å²) in [6, 6.07) is 6.58. The van der Waals surface area contributed by atoms with Crippen LogP contribution in [0.15, 0.2) is 36.5 Å². The van der Waals surface area contributed by atoms with Gasteiger partial charge in [0.2, 0.25) is 5.88 Å². The van der Waals surface area contributed by atoms with Crippen LogP contribution in [0.25, 0.3) is 21.3 Å². The van der Waals surface area contributed by atoms with Crippen molar-refractivity contribution in [1.82, 2.24) is 9.55 Å². The monoisotopic (exact) mass is 502 g/mol. The van der Waals surface area contributed by atoms with Gasteiger partial charge in [0.25, 0.3) is 5.91 Å². The predicted octanol–water partition coefficient (Wildman–Crippen LogP) is 4.20. The van der Waals surface area contributed by atoms with E-state index in [4.69, 9.17) is 5.73 Å². The number of primary amides is 1. The summed E-state index contributed by atoms with van der Waals surface area (Å²) in [6.45, 7) is 4.60. The highest BCUT2D eigenvalue weighted by Crippen LogP contribution is 2.40. The number of nitrogens with one attached hydrogen (secondary N) is 1. The van der Waals surface area contributed by atoms with Gasteiger partial charge in [-0.3, -0.25) is 4.79 Å². The Balaban J connectivity index is 1.73. The lowest BCUT2D eigenvalue weighted by molar-refractivity contribution is 0.0778. The van der Waals surface area contributed by atoms with E-state index in [1.165, 1.54) is 24.5 Å². The van der Waals surface area contributed by atoms with Gasteiger partial charge >= 0.3 is 0 Å². The molecular formula is C24H24F2N4O4S. The molecular weight excluding hydrogens is 478 g/mol. The van der Waals surface area contributed by atoms with Gasteiger partial charge in [-0.25, -0.2) is 13.8 Å². The Morgan fingerprint density at radius 3 is 2.49 bits per heavy atom. The summed E-state index contributed by atoms with van der Waals surface area (Å²) in [6.07, 6.45) is 0.896. The number of amides is 1. The van der Waals surface area contributed by atoms with E-state index in [2.05, 4.69) is 10.3 Å². The Morgan fingerprint density at radius 2 is 1.91 bits per heavy atom. The summed E-state index contributed by atoms with van der Waals surface area (Å²) in [5.74, 6) is -2.32. The number of pyridine rings is 1. The molecule has 0 saturated heterocycles. The molecule has 0 saturated carbocycles. The molecule has 4 rings (SSSR count). The topological polar surface area (TPSA) is 134 Å². The minimum Gasteiger partial charge on any atom is -0.494 e. The van der Waals surface area contributed by atoms with Crippen LogP contribution < -0.4 is 11.1 Å². The Morgan fingerprint density at radius 1 is 1.26 bits per heavy atom. The molecule has 3 aromatic heterocycles. The molecule has 35 heavy (non-hydrogen) atoms. The first-order valence-electron chi connectivity index (χ1n) is 10.6. The second-order valence-corrected chi connectivity index (χ2v) is 9.85. The second-order valence-electron chi connectivity index (χ2n) is 8.80. The number of thiophene rings is 1. The second kappa shape index (κ2) is 8.91. The Hall–Kier alpha value is -3.54. The van der Waals surface area contributed by atoms with Gasteiger partial charge in [-0.1, -0.05) is 0 Å². The number of fused-ring (bicyclic) bond motifs is 1. The number of hydrogen-bond acceptors (Lipinski definition) is 7. The summed E-state index contributed by atoms with van der Waals surface area (Å²) in [5, 5.41) is 33.7. The first-order valence-corrected chi connectivity index (χ1v) is 11.5. The van der Waals surface area contributed by atoms with Crippen LogP contribution in [0.5, 0.6) is 5.88 Å². The van der Waals surface area contributed by atoms with Crippen LogP contribution >= 0.6 is 11.3 Å². The van der Waals surface area contributed by atoms with E-state index in [9.17, 15) is 28.9 Å². The molecule has 184 valence electrons. The number of carbonyl (C=O) groups is 1. The standard InChI is InChI=1S/C24H24F2N4O4S/c1-11(31)9-30-10-17-13(23(30)33)4-5-19(28-17)29-22-14(21(27)32)8-18(35-22)20-15(25)6-12(7-16(20)26)24(2,3)34/h4-8,10-11,31,33-34H,9H2,1-3H3,(H2,27,32)(H,28,29)/t11-/m0/s1. The highest BCUT2D eigenvalue weighted by atomic mass is 32.1. The lowest BCUT2D eigenvalue weighted by atomic mass is 9.96. The van der Waals surface area contributed by atoms with Crippen molar-refractivity contribution in [3.63, 3.8) is 0 Å². The van der Waals surface area contributed by atoms with Crippen molar-refractivity contribution in [2.24, 2.45) is 5.73 Å². The zero-order valence-electron chi connectivity index (χ0n) is 19.1. The van der Waals surface area contributed by atoms with E-state index < -0.39 is 29.2 Å². The number of anilines is 2. The molecule has 1 amide bonds. The van der Waals surface area contributed by atoms with Crippen molar-refractivity contribution in [3.05, 3.63) is 59.3 Å². The van der Waals surface area contributed by atoms with Crippen molar-refractivity contribution >= 4 is 39.0 Å². The largest absolute Gasteiger partial charge is 0.494 e. The maximum absolute atomic E-state index is 14.9. The zero-order chi connectivity index (χ0) is 25.7.